The molecule has 0 spiro atoms. The zero-order valence-corrected chi connectivity index (χ0v) is 23.1. The number of hydrogen-bond acceptors (Lipinski definition) is 10. The lowest BCUT2D eigenvalue weighted by atomic mass is 9.81. The first-order valence-corrected chi connectivity index (χ1v) is 12.7. The lowest BCUT2D eigenvalue weighted by Gasteiger charge is -2.28. The summed E-state index contributed by atoms with van der Waals surface area (Å²) in [6.45, 7) is 4.84. The Kier molecular flexibility index (Phi) is 12.0. The van der Waals surface area contributed by atoms with E-state index in [-0.39, 0.29) is 47.1 Å². The summed E-state index contributed by atoms with van der Waals surface area (Å²) in [5.41, 5.74) is -0.340. The zero-order chi connectivity index (χ0) is 29.0. The molecule has 2 rings (SSSR count). The lowest BCUT2D eigenvalue weighted by molar-refractivity contribution is -0.144. The molecule has 1 fully saturated rings. The van der Waals surface area contributed by atoms with Gasteiger partial charge in [-0.15, -0.1) is 0 Å². The fourth-order valence-electron chi connectivity index (χ4n) is 3.89. The van der Waals surface area contributed by atoms with E-state index in [1.165, 1.54) is 32.4 Å². The largest absolute Gasteiger partial charge is 0.478 e. The number of ketones is 1. The van der Waals surface area contributed by atoms with Gasteiger partial charge >= 0.3 is 18.0 Å². The van der Waals surface area contributed by atoms with E-state index in [0.717, 1.165) is 12.8 Å². The van der Waals surface area contributed by atoms with Crippen LogP contribution in [0, 0.1) is 11.8 Å². The van der Waals surface area contributed by atoms with Crippen molar-refractivity contribution in [2.45, 2.75) is 52.1 Å². The monoisotopic (exact) mass is 550 g/mol. The Morgan fingerprint density at radius 3 is 2.00 bits per heavy atom. The van der Waals surface area contributed by atoms with Crippen LogP contribution in [0.3, 0.4) is 0 Å². The number of methoxy groups -OCH3 is 2. The first-order valence-electron chi connectivity index (χ1n) is 12.7. The lowest BCUT2D eigenvalue weighted by Crippen LogP contribution is -2.39. The Morgan fingerprint density at radius 2 is 1.44 bits per heavy atom. The third kappa shape index (κ3) is 11.2. The van der Waals surface area contributed by atoms with Gasteiger partial charge < -0.3 is 34.3 Å². The van der Waals surface area contributed by atoms with E-state index in [0.29, 0.717) is 19.4 Å². The maximum absolute atomic E-state index is 12.8. The number of carbonyl (C=O) groups excluding carboxylic acids is 5. The highest BCUT2D eigenvalue weighted by Crippen LogP contribution is 2.30. The molecular weight excluding hydrogens is 512 g/mol. The summed E-state index contributed by atoms with van der Waals surface area (Å²) >= 11 is 0. The second-order valence-electron chi connectivity index (χ2n) is 10.1. The molecule has 2 N–H and O–H groups in total. The molecule has 0 bridgehead atoms. The summed E-state index contributed by atoms with van der Waals surface area (Å²) in [6.07, 6.45) is 2.39. The second kappa shape index (κ2) is 14.9. The first-order chi connectivity index (χ1) is 18.4. The summed E-state index contributed by atoms with van der Waals surface area (Å²) in [5, 5.41) is 5.48. The molecule has 0 saturated heterocycles. The van der Waals surface area contributed by atoms with Crippen molar-refractivity contribution in [2.24, 2.45) is 11.8 Å². The molecule has 1 aliphatic rings. The highest BCUT2D eigenvalue weighted by atomic mass is 16.6. The molecule has 12 nitrogen and oxygen atoms in total. The minimum absolute atomic E-state index is 0.0554. The molecular formula is C27H38N2O10. The molecule has 1 saturated carbocycles. The molecule has 2 amide bonds. The third-order valence-corrected chi connectivity index (χ3v) is 5.99. The van der Waals surface area contributed by atoms with Crippen molar-refractivity contribution >= 4 is 29.7 Å². The Bertz CT molecular complexity index is 1030. The number of benzene rings is 1. The Labute approximate surface area is 228 Å². The van der Waals surface area contributed by atoms with Crippen molar-refractivity contribution in [1.82, 2.24) is 10.6 Å². The number of esters is 2. The van der Waals surface area contributed by atoms with Gasteiger partial charge in [-0.05, 0) is 70.6 Å². The van der Waals surface area contributed by atoms with E-state index < -0.39 is 36.8 Å². The van der Waals surface area contributed by atoms with Crippen LogP contribution >= 0.6 is 0 Å². The van der Waals surface area contributed by atoms with E-state index in [1.54, 1.807) is 20.8 Å². The number of ether oxygens (including phenoxy) is 5. The summed E-state index contributed by atoms with van der Waals surface area (Å²) in [5.74, 6) is -1.63. The van der Waals surface area contributed by atoms with Crippen molar-refractivity contribution in [3.8, 4) is 11.5 Å². The smallest absolute Gasteiger partial charge is 0.407 e. The molecule has 0 aromatic heterocycles. The van der Waals surface area contributed by atoms with Crippen molar-refractivity contribution in [3.05, 3.63) is 23.8 Å². The first kappa shape index (κ1) is 31.4. The molecule has 216 valence electrons. The number of hydrogen-bond donors (Lipinski definition) is 2. The van der Waals surface area contributed by atoms with Crippen LogP contribution in [0.2, 0.25) is 0 Å². The zero-order valence-electron chi connectivity index (χ0n) is 23.1. The molecule has 0 unspecified atom stereocenters. The van der Waals surface area contributed by atoms with Crippen LogP contribution < -0.4 is 20.1 Å². The van der Waals surface area contributed by atoms with Crippen molar-refractivity contribution in [3.63, 3.8) is 0 Å². The fraction of sp³-hybridized carbons (Fsp3) is 0.593. The van der Waals surface area contributed by atoms with Crippen LogP contribution in [-0.2, 0) is 28.6 Å². The maximum Gasteiger partial charge on any atom is 0.407 e. The number of amides is 2. The summed E-state index contributed by atoms with van der Waals surface area (Å²) in [4.78, 5) is 60.2. The molecule has 1 aliphatic carbocycles. The van der Waals surface area contributed by atoms with Crippen molar-refractivity contribution in [2.75, 3.05) is 40.5 Å². The maximum atomic E-state index is 12.8. The van der Waals surface area contributed by atoms with Crippen LogP contribution in [0.4, 0.5) is 4.79 Å². The second-order valence-corrected chi connectivity index (χ2v) is 10.1. The predicted molar refractivity (Wildman–Crippen MR) is 138 cm³/mol. The molecule has 0 atom stereocenters. The number of alkyl carbamates (subject to hydrolysis) is 1. The fourth-order valence-corrected chi connectivity index (χ4v) is 3.89. The van der Waals surface area contributed by atoms with E-state index in [2.05, 4.69) is 20.1 Å². The van der Waals surface area contributed by atoms with Gasteiger partial charge in [-0.2, -0.15) is 0 Å². The van der Waals surface area contributed by atoms with Gasteiger partial charge in [-0.3, -0.25) is 9.59 Å². The number of Topliss-reactive ketones (excluding diaryl/α,β-unsaturated/α-hetero) is 1. The average molecular weight is 551 g/mol. The van der Waals surface area contributed by atoms with Gasteiger partial charge in [0.25, 0.3) is 0 Å². The number of carbonyl (C=O) groups is 5. The quantitative estimate of drug-likeness (QED) is 0.225. The predicted octanol–water partition coefficient (Wildman–Crippen LogP) is 2.42. The van der Waals surface area contributed by atoms with Crippen LogP contribution in [-0.4, -0.2) is 75.8 Å². The summed E-state index contributed by atoms with van der Waals surface area (Å²) in [7, 11) is 2.42. The van der Waals surface area contributed by atoms with Gasteiger partial charge in [0.05, 0.1) is 20.8 Å². The van der Waals surface area contributed by atoms with E-state index in [1.807, 2.05) is 0 Å². The minimum Gasteiger partial charge on any atom is -0.478 e. The third-order valence-electron chi connectivity index (χ3n) is 5.99. The molecule has 1 aromatic carbocycles. The van der Waals surface area contributed by atoms with Gasteiger partial charge in [-0.1, -0.05) is 0 Å². The van der Waals surface area contributed by atoms with E-state index in [4.69, 9.17) is 14.2 Å². The summed E-state index contributed by atoms with van der Waals surface area (Å²) in [6, 6.07) is 4.26. The Morgan fingerprint density at radius 1 is 0.846 bits per heavy atom. The highest BCUT2D eigenvalue weighted by Gasteiger charge is 2.27. The molecule has 0 aliphatic heterocycles. The van der Waals surface area contributed by atoms with Crippen LogP contribution in [0.5, 0.6) is 11.5 Å². The SMILES string of the molecule is COC(=O)COc1ccc(C(=O)CNC(=O)C2CCC(CNC(=O)OC(C)(C)C)CC2)cc1OCC(=O)OC. The normalized spacial score (nSPS) is 16.8. The Balaban J connectivity index is 1.87. The molecule has 0 radical (unpaired) electrons. The van der Waals surface area contributed by atoms with Gasteiger partial charge in [0.15, 0.2) is 30.5 Å². The van der Waals surface area contributed by atoms with Crippen LogP contribution in [0.25, 0.3) is 0 Å². The molecule has 0 heterocycles. The van der Waals surface area contributed by atoms with Gasteiger partial charge in [0.1, 0.15) is 5.60 Å². The minimum atomic E-state index is -0.645. The number of nitrogens with one attached hydrogen (secondary N) is 2. The highest BCUT2D eigenvalue weighted by molar-refractivity contribution is 6.00. The van der Waals surface area contributed by atoms with Crippen molar-refractivity contribution in [1.29, 1.82) is 0 Å². The Hall–Kier alpha value is -3.83. The molecule has 12 heteroatoms. The van der Waals surface area contributed by atoms with Gasteiger partial charge in [0, 0.05) is 18.0 Å². The van der Waals surface area contributed by atoms with Crippen LogP contribution in [0.15, 0.2) is 18.2 Å². The standard InChI is InChI=1S/C27H38N2O10/c1-27(2,3)39-26(34)29-13-17-6-8-18(9-7-17)25(33)28-14-20(30)19-10-11-21(37-15-23(31)35-4)22(12-19)38-16-24(32)36-5/h10-12,17-18H,6-9,13-16H2,1-5H3,(H,28,33)(H,29,34). The van der Waals surface area contributed by atoms with Crippen LogP contribution in [0.1, 0.15) is 56.8 Å². The van der Waals surface area contributed by atoms with E-state index in [9.17, 15) is 24.0 Å². The number of rotatable bonds is 12. The summed E-state index contributed by atoms with van der Waals surface area (Å²) < 4.78 is 25.1. The molecule has 1 aromatic rings. The average Bonchev–Trinajstić information content (AvgIpc) is 2.91. The topological polar surface area (TPSA) is 156 Å². The van der Waals surface area contributed by atoms with E-state index >= 15 is 0 Å². The van der Waals surface area contributed by atoms with Gasteiger partial charge in [0.2, 0.25) is 5.91 Å². The van der Waals surface area contributed by atoms with Gasteiger partial charge in [-0.25, -0.2) is 14.4 Å². The van der Waals surface area contributed by atoms with Crippen molar-refractivity contribution < 1.29 is 47.7 Å². The molecule has 39 heavy (non-hydrogen) atoms.